The molecule has 0 aromatic carbocycles. The average Bonchev–Trinajstić information content (AvgIpc) is 1.69. The van der Waals surface area contributed by atoms with Crippen LogP contribution in [-0.4, -0.2) is 22.6 Å². The van der Waals surface area contributed by atoms with E-state index in [0.717, 1.165) is 0 Å². The zero-order chi connectivity index (χ0) is 6.57. The Morgan fingerprint density at radius 2 is 1.62 bits per heavy atom. The van der Waals surface area contributed by atoms with Crippen LogP contribution in [-0.2, 0) is 0 Å². The van der Waals surface area contributed by atoms with E-state index in [4.69, 9.17) is 10.5 Å². The molecule has 0 aliphatic carbocycles. The van der Waals surface area contributed by atoms with Crippen molar-refractivity contribution < 1.29 is 0 Å². The maximum atomic E-state index is 8.23. The molecule has 0 N–H and O–H groups in total. The topological polar surface area (TPSA) is 47.6 Å². The summed E-state index contributed by atoms with van der Waals surface area (Å²) < 4.78 is 0.466. The molecule has 0 aliphatic heterocycles. The Morgan fingerprint density at radius 3 is 1.62 bits per heavy atom. The van der Waals surface area contributed by atoms with Crippen molar-refractivity contribution in [2.24, 2.45) is 0 Å². The van der Waals surface area contributed by atoms with Gasteiger partial charge < -0.3 is 0 Å². The van der Waals surface area contributed by atoms with Crippen LogP contribution in [0, 0.1) is 22.7 Å². The van der Waals surface area contributed by atoms with Crippen LogP contribution < -0.4 is 0 Å². The van der Waals surface area contributed by atoms with Crippen molar-refractivity contribution in [3.8, 4) is 12.1 Å². The molecule has 0 amide bonds. The number of nitrogens with zero attached hydrogens (tertiary/aromatic N) is 2. The molecule has 3 heteroatoms. The molecule has 0 rings (SSSR count). The molecule has 0 atom stereocenters. The van der Waals surface area contributed by atoms with Gasteiger partial charge in [0.05, 0.1) is 0 Å². The monoisotopic (exact) mass is 224 g/mol. The normalized spacial score (nSPS) is 7.62. The number of hydrogen-bond acceptors (Lipinski definition) is 2. The van der Waals surface area contributed by atoms with Gasteiger partial charge in [-0.2, -0.15) is 0 Å². The van der Waals surface area contributed by atoms with E-state index >= 15 is 0 Å². The first-order chi connectivity index (χ1) is 3.72. The van der Waals surface area contributed by atoms with E-state index in [0.29, 0.717) is 3.55 Å². The fourth-order valence-electron chi connectivity index (χ4n) is 0.208. The second-order valence-electron chi connectivity index (χ2n) is 1.37. The first-order valence-corrected chi connectivity index (χ1v) is 7.79. The van der Waals surface area contributed by atoms with Crippen LogP contribution in [0.1, 0.15) is 0 Å². The van der Waals surface area contributed by atoms with Crippen LogP contribution in [0.5, 0.6) is 0 Å². The molecule has 0 bridgehead atoms. The van der Waals surface area contributed by atoms with Gasteiger partial charge in [-0.15, -0.1) is 0 Å². The second kappa shape index (κ2) is 3.62. The molecule has 0 fully saturated rings. The third kappa shape index (κ3) is 2.08. The summed E-state index contributed by atoms with van der Waals surface area (Å²) in [5, 5.41) is 16.5. The van der Waals surface area contributed by atoms with Crippen LogP contribution in [0.4, 0.5) is 0 Å². The average molecular weight is 222 g/mol. The minimum absolute atomic E-state index is 0.466. The summed E-state index contributed by atoms with van der Waals surface area (Å²) in [5.74, 6) is 0. The molecule has 0 aromatic rings. The van der Waals surface area contributed by atoms with Gasteiger partial charge in [0.2, 0.25) is 0 Å². The van der Waals surface area contributed by atoms with Crippen LogP contribution in [0.25, 0.3) is 0 Å². The molecule has 0 saturated carbocycles. The van der Waals surface area contributed by atoms with E-state index in [2.05, 4.69) is 0 Å². The second-order valence-corrected chi connectivity index (χ2v) is 7.20. The Balaban J connectivity index is 4.47. The molecule has 0 aromatic heterocycles. The van der Waals surface area contributed by atoms with Crippen molar-refractivity contribution in [2.75, 3.05) is 0 Å². The van der Waals surface area contributed by atoms with Crippen molar-refractivity contribution >= 4 is 22.6 Å². The van der Waals surface area contributed by atoms with Crippen molar-refractivity contribution in [3.05, 3.63) is 0 Å². The van der Waals surface area contributed by atoms with E-state index in [1.807, 2.05) is 22.1 Å². The zero-order valence-corrected chi connectivity index (χ0v) is 7.13. The predicted molar refractivity (Wildman–Crippen MR) is 33.7 cm³/mol. The van der Waals surface area contributed by atoms with Crippen molar-refractivity contribution in [1.82, 2.24) is 0 Å². The van der Waals surface area contributed by atoms with Gasteiger partial charge in [-0.1, -0.05) is 0 Å². The fourth-order valence-corrected chi connectivity index (χ4v) is 1.25. The first kappa shape index (κ1) is 7.64. The van der Waals surface area contributed by atoms with Gasteiger partial charge in [0, 0.05) is 0 Å². The summed E-state index contributed by atoms with van der Waals surface area (Å²) in [6.45, 7) is 0. The van der Waals surface area contributed by atoms with Crippen molar-refractivity contribution in [1.29, 1.82) is 10.5 Å². The van der Waals surface area contributed by atoms with Gasteiger partial charge in [0.15, 0.2) is 0 Å². The SMILES string of the molecule is C[Te](C)=C(C#N)C#N. The van der Waals surface area contributed by atoms with Gasteiger partial charge in [-0.3, -0.25) is 0 Å². The Bertz CT molecular complexity index is 171. The van der Waals surface area contributed by atoms with Crippen LogP contribution in [0.15, 0.2) is 0 Å². The van der Waals surface area contributed by atoms with Gasteiger partial charge in [0.25, 0.3) is 0 Å². The van der Waals surface area contributed by atoms with Crippen LogP contribution in [0.3, 0.4) is 0 Å². The maximum absolute atomic E-state index is 8.23. The standard InChI is InChI=1S/C5H6N2Te/c1-8(2)5(3-6)4-7/h1-2H3. The van der Waals surface area contributed by atoms with Crippen molar-refractivity contribution in [2.45, 2.75) is 9.94 Å². The Morgan fingerprint density at radius 1 is 1.25 bits per heavy atom. The Labute approximate surface area is 55.5 Å². The van der Waals surface area contributed by atoms with Gasteiger partial charge in [-0.25, -0.2) is 0 Å². The van der Waals surface area contributed by atoms with Gasteiger partial charge in [0.1, 0.15) is 0 Å². The molecule has 0 aliphatic rings. The third-order valence-electron chi connectivity index (χ3n) is 0.611. The van der Waals surface area contributed by atoms with Gasteiger partial charge in [-0.05, 0) is 0 Å². The van der Waals surface area contributed by atoms with E-state index in [1.54, 1.807) is 0 Å². The summed E-state index contributed by atoms with van der Waals surface area (Å²) in [5.41, 5.74) is 0. The molecular weight excluding hydrogens is 216 g/mol. The number of nitriles is 2. The summed E-state index contributed by atoms with van der Waals surface area (Å²) in [6.07, 6.45) is 0. The summed E-state index contributed by atoms with van der Waals surface area (Å²) in [7, 11) is 0. The minimum atomic E-state index is -1.35. The summed E-state index contributed by atoms with van der Waals surface area (Å²) >= 11 is -1.35. The van der Waals surface area contributed by atoms with Crippen molar-refractivity contribution in [3.63, 3.8) is 0 Å². The molecule has 0 unspecified atom stereocenters. The van der Waals surface area contributed by atoms with Gasteiger partial charge >= 0.3 is 55.2 Å². The number of rotatable bonds is 0. The Kier molecular flexibility index (Phi) is 3.46. The van der Waals surface area contributed by atoms with E-state index in [-0.39, 0.29) is 0 Å². The molecular formula is C5H6N2Te. The quantitative estimate of drug-likeness (QED) is 0.561. The zero-order valence-electron chi connectivity index (χ0n) is 4.80. The van der Waals surface area contributed by atoms with E-state index < -0.39 is 19.1 Å². The fraction of sp³-hybridized carbons (Fsp3) is 0.400. The van der Waals surface area contributed by atoms with Crippen LogP contribution >= 0.6 is 0 Å². The third-order valence-corrected chi connectivity index (χ3v) is 3.46. The van der Waals surface area contributed by atoms with E-state index in [9.17, 15) is 0 Å². The Hall–Kier alpha value is -0.360. The predicted octanol–water partition coefficient (Wildman–Crippen LogP) is 0.542. The molecule has 42 valence electrons. The van der Waals surface area contributed by atoms with E-state index in [1.165, 1.54) is 0 Å². The molecule has 8 heavy (non-hydrogen) atoms. The molecule has 0 radical (unpaired) electrons. The molecule has 0 heterocycles. The molecule has 2 nitrogen and oxygen atoms in total. The van der Waals surface area contributed by atoms with Crippen LogP contribution in [0.2, 0.25) is 9.94 Å². The summed E-state index contributed by atoms with van der Waals surface area (Å²) in [4.78, 5) is 3.98. The molecule has 0 saturated heterocycles. The first-order valence-electron chi connectivity index (χ1n) is 1.97. The number of hydrogen-bond donors (Lipinski definition) is 0. The molecule has 0 spiro atoms. The summed E-state index contributed by atoms with van der Waals surface area (Å²) in [6, 6.07) is 3.76.